The van der Waals surface area contributed by atoms with Crippen LogP contribution in [0.4, 0.5) is 0 Å². The molecular weight excluding hydrogens is 338 g/mol. The van der Waals surface area contributed by atoms with Crippen molar-refractivity contribution in [2.75, 3.05) is 6.54 Å². The van der Waals surface area contributed by atoms with Crippen molar-refractivity contribution >= 4 is 18.3 Å². The first kappa shape index (κ1) is 18.0. The zero-order valence-electron chi connectivity index (χ0n) is 14.6. The lowest BCUT2D eigenvalue weighted by Gasteiger charge is -2.32. The number of benzene rings is 1. The molecule has 1 N–H and O–H groups in total. The number of carbonyl (C=O) groups excluding carboxylic acids is 1. The number of hydrogen-bond donors (Lipinski definition) is 1. The molecule has 5 nitrogen and oxygen atoms in total. The van der Waals surface area contributed by atoms with E-state index in [1.165, 1.54) is 11.1 Å². The molecule has 2 aliphatic rings. The highest BCUT2D eigenvalue weighted by atomic mass is 35.5. The van der Waals surface area contributed by atoms with Crippen LogP contribution in [0.15, 0.2) is 28.7 Å². The molecule has 2 aliphatic heterocycles. The normalized spacial score (nSPS) is 19.2. The van der Waals surface area contributed by atoms with Gasteiger partial charge in [0.05, 0.1) is 12.6 Å². The third kappa shape index (κ3) is 3.44. The van der Waals surface area contributed by atoms with Gasteiger partial charge in [0, 0.05) is 25.4 Å². The van der Waals surface area contributed by atoms with Crippen LogP contribution < -0.4 is 5.32 Å². The Morgan fingerprint density at radius 3 is 2.84 bits per heavy atom. The maximum atomic E-state index is 12.9. The summed E-state index contributed by atoms with van der Waals surface area (Å²) in [5.41, 5.74) is 3.49. The van der Waals surface area contributed by atoms with E-state index in [2.05, 4.69) is 36.3 Å². The van der Waals surface area contributed by atoms with Crippen LogP contribution in [0.25, 0.3) is 0 Å². The number of amides is 1. The minimum absolute atomic E-state index is 0. The molecule has 4 rings (SSSR count). The molecule has 0 radical (unpaired) electrons. The number of nitrogens with one attached hydrogen (secondary N) is 1. The number of fused-ring (bicyclic) bond motifs is 2. The maximum Gasteiger partial charge on any atom is 0.240 e. The summed E-state index contributed by atoms with van der Waals surface area (Å²) >= 11 is 0. The first-order valence-electron chi connectivity index (χ1n) is 8.69. The predicted octanol–water partition coefficient (Wildman–Crippen LogP) is 2.82. The Hall–Kier alpha value is -1.85. The first-order chi connectivity index (χ1) is 11.6. The van der Waals surface area contributed by atoms with Crippen LogP contribution in [0, 0.1) is 0 Å². The van der Waals surface area contributed by atoms with Gasteiger partial charge in [0.1, 0.15) is 11.5 Å². The van der Waals surface area contributed by atoms with E-state index in [0.717, 1.165) is 36.7 Å². The highest BCUT2D eigenvalue weighted by Crippen LogP contribution is 2.25. The van der Waals surface area contributed by atoms with Crippen molar-refractivity contribution in [3.05, 3.63) is 52.7 Å². The molecule has 1 aromatic heterocycles. The molecule has 6 heteroatoms. The number of hydrogen-bond acceptors (Lipinski definition) is 4. The molecule has 0 saturated carbocycles. The van der Waals surface area contributed by atoms with Gasteiger partial charge in [-0.15, -0.1) is 12.4 Å². The van der Waals surface area contributed by atoms with E-state index in [9.17, 15) is 4.79 Å². The van der Waals surface area contributed by atoms with Crippen molar-refractivity contribution in [3.8, 4) is 0 Å². The average molecular weight is 362 g/mol. The largest absolute Gasteiger partial charge is 0.445 e. The number of nitrogens with zero attached hydrogens (tertiary/aromatic N) is 2. The monoisotopic (exact) mass is 361 g/mol. The Kier molecular flexibility index (Phi) is 5.16. The molecule has 25 heavy (non-hydrogen) atoms. The lowest BCUT2D eigenvalue weighted by molar-refractivity contribution is -0.134. The Balaban J connectivity index is 0.00000182. The Morgan fingerprint density at radius 1 is 1.32 bits per heavy atom. The van der Waals surface area contributed by atoms with Gasteiger partial charge in [-0.2, -0.15) is 0 Å². The molecule has 0 aliphatic carbocycles. The van der Waals surface area contributed by atoms with Crippen LogP contribution in [-0.2, 0) is 30.7 Å². The number of oxazole rings is 1. The molecule has 0 spiro atoms. The van der Waals surface area contributed by atoms with Gasteiger partial charge in [-0.05, 0) is 17.5 Å². The van der Waals surface area contributed by atoms with Crippen molar-refractivity contribution in [1.29, 1.82) is 0 Å². The molecule has 0 unspecified atom stereocenters. The minimum atomic E-state index is -0.141. The molecule has 1 atom stereocenters. The molecule has 2 aromatic rings. The molecule has 0 fully saturated rings. The van der Waals surface area contributed by atoms with Gasteiger partial charge >= 0.3 is 0 Å². The van der Waals surface area contributed by atoms with Crippen LogP contribution in [0.5, 0.6) is 0 Å². The Labute approximate surface area is 154 Å². The van der Waals surface area contributed by atoms with Gasteiger partial charge in [0.2, 0.25) is 5.91 Å². The second-order valence-electron chi connectivity index (χ2n) is 6.99. The van der Waals surface area contributed by atoms with Gasteiger partial charge in [-0.1, -0.05) is 38.1 Å². The van der Waals surface area contributed by atoms with Gasteiger partial charge in [0.15, 0.2) is 5.89 Å². The topological polar surface area (TPSA) is 58.4 Å². The fourth-order valence-corrected chi connectivity index (χ4v) is 3.50. The van der Waals surface area contributed by atoms with E-state index in [1.54, 1.807) is 0 Å². The fourth-order valence-electron chi connectivity index (χ4n) is 3.50. The summed E-state index contributed by atoms with van der Waals surface area (Å²) in [6.07, 6.45) is 1.51. The van der Waals surface area contributed by atoms with Crippen LogP contribution >= 0.6 is 12.4 Å². The first-order valence-corrected chi connectivity index (χ1v) is 8.69. The molecule has 134 valence electrons. The molecule has 1 amide bonds. The zero-order valence-corrected chi connectivity index (χ0v) is 15.4. The fraction of sp³-hybridized carbons (Fsp3) is 0.474. The second kappa shape index (κ2) is 7.18. The van der Waals surface area contributed by atoms with Gasteiger partial charge in [-0.25, -0.2) is 4.98 Å². The smallest absolute Gasteiger partial charge is 0.240 e. The Morgan fingerprint density at radius 2 is 2.08 bits per heavy atom. The van der Waals surface area contributed by atoms with Crippen LogP contribution in [0.2, 0.25) is 0 Å². The lowest BCUT2D eigenvalue weighted by Crippen LogP contribution is -2.50. The quantitative estimate of drug-likeness (QED) is 0.893. The molecule has 1 aromatic carbocycles. The summed E-state index contributed by atoms with van der Waals surface area (Å²) in [6.45, 7) is 6.17. The SMILES string of the molecule is CC(C)c1nc2c(o1)CCN(C(=O)[C@H]1Cc3ccccc3CN1)C2.Cl. The Bertz CT molecular complexity index is 772. The summed E-state index contributed by atoms with van der Waals surface area (Å²) in [5.74, 6) is 2.17. The summed E-state index contributed by atoms with van der Waals surface area (Å²) in [6, 6.07) is 8.20. The molecule has 0 bridgehead atoms. The highest BCUT2D eigenvalue weighted by Gasteiger charge is 2.31. The van der Waals surface area contributed by atoms with E-state index >= 15 is 0 Å². The highest BCUT2D eigenvalue weighted by molar-refractivity contribution is 5.85. The van der Waals surface area contributed by atoms with Crippen molar-refractivity contribution in [3.63, 3.8) is 0 Å². The van der Waals surface area contributed by atoms with E-state index in [4.69, 9.17) is 4.42 Å². The average Bonchev–Trinajstić information content (AvgIpc) is 3.04. The van der Waals surface area contributed by atoms with Gasteiger partial charge in [-0.3, -0.25) is 4.79 Å². The maximum absolute atomic E-state index is 12.9. The van der Waals surface area contributed by atoms with E-state index in [1.807, 2.05) is 17.0 Å². The number of carbonyl (C=O) groups is 1. The molecule has 3 heterocycles. The minimum Gasteiger partial charge on any atom is -0.445 e. The lowest BCUT2D eigenvalue weighted by atomic mass is 9.95. The third-order valence-electron chi connectivity index (χ3n) is 4.93. The standard InChI is InChI=1S/C19H23N3O2.ClH/c1-12(2)18-21-16-11-22(8-7-17(16)24-18)19(23)15-9-13-5-3-4-6-14(13)10-20-15;/h3-6,12,15,20H,7-11H2,1-2H3;1H/t15-;/m1./s1. The van der Waals surface area contributed by atoms with Crippen LogP contribution in [0.3, 0.4) is 0 Å². The van der Waals surface area contributed by atoms with Crippen molar-refractivity contribution in [1.82, 2.24) is 15.2 Å². The summed E-state index contributed by atoms with van der Waals surface area (Å²) in [4.78, 5) is 19.4. The molecule has 0 saturated heterocycles. The van der Waals surface area contributed by atoms with Crippen molar-refractivity contribution in [2.45, 2.75) is 51.7 Å². The van der Waals surface area contributed by atoms with E-state index in [0.29, 0.717) is 13.1 Å². The summed E-state index contributed by atoms with van der Waals surface area (Å²) < 4.78 is 5.82. The second-order valence-corrected chi connectivity index (χ2v) is 6.99. The van der Waals surface area contributed by atoms with Crippen LogP contribution in [-0.4, -0.2) is 28.4 Å². The summed E-state index contributed by atoms with van der Waals surface area (Å²) in [7, 11) is 0. The van der Waals surface area contributed by atoms with Gasteiger partial charge in [0.25, 0.3) is 0 Å². The van der Waals surface area contributed by atoms with Gasteiger partial charge < -0.3 is 14.6 Å². The van der Waals surface area contributed by atoms with Crippen molar-refractivity contribution in [2.24, 2.45) is 0 Å². The van der Waals surface area contributed by atoms with Crippen molar-refractivity contribution < 1.29 is 9.21 Å². The summed E-state index contributed by atoms with van der Waals surface area (Å²) in [5, 5.41) is 3.38. The molecular formula is C19H24ClN3O2. The number of halogens is 1. The van der Waals surface area contributed by atoms with Crippen LogP contribution in [0.1, 0.15) is 48.2 Å². The number of aromatic nitrogens is 1. The van der Waals surface area contributed by atoms with E-state index < -0.39 is 0 Å². The third-order valence-corrected chi connectivity index (χ3v) is 4.93. The zero-order chi connectivity index (χ0) is 16.7. The number of rotatable bonds is 2. The predicted molar refractivity (Wildman–Crippen MR) is 97.7 cm³/mol. The van der Waals surface area contributed by atoms with E-state index in [-0.39, 0.29) is 30.3 Å².